The average molecular weight is 483 g/mol. The molecule has 0 aromatic carbocycles. The molecule has 3 rings (SSSR count). The number of amides is 1. The van der Waals surface area contributed by atoms with Crippen LogP contribution in [0.5, 0.6) is 0 Å². The normalized spacial score (nSPS) is 14.5. The van der Waals surface area contributed by atoms with Crippen LogP contribution in [0.2, 0.25) is 0 Å². The van der Waals surface area contributed by atoms with Gasteiger partial charge in [0.15, 0.2) is 5.84 Å². The van der Waals surface area contributed by atoms with Gasteiger partial charge in [-0.05, 0) is 43.2 Å². The number of rotatable bonds is 7. The highest BCUT2D eigenvalue weighted by Gasteiger charge is 2.28. The molecule has 2 aromatic heterocycles. The number of hydrazone groups is 1. The molecule has 0 bridgehead atoms. The van der Waals surface area contributed by atoms with Gasteiger partial charge in [0.05, 0.1) is 6.42 Å². The summed E-state index contributed by atoms with van der Waals surface area (Å²) >= 11 is 1.13. The van der Waals surface area contributed by atoms with Crippen LogP contribution >= 0.6 is 11.9 Å². The topological polar surface area (TPSA) is 126 Å². The second-order valence-corrected chi connectivity index (χ2v) is 8.83. The molecule has 1 aliphatic heterocycles. The number of nitrogens with two attached hydrogens (primary N) is 2. The molecule has 0 spiro atoms. The SMILES string of the molecule is CC(C)N(N)/C(=N\N)c1cccc(NC(=O)c2cc3c(cn2)CN(SCCC(F)(F)F)C3)n1. The van der Waals surface area contributed by atoms with Crippen molar-refractivity contribution in [2.75, 3.05) is 11.1 Å². The van der Waals surface area contributed by atoms with Crippen LogP contribution in [0, 0.1) is 0 Å². The molecular weight excluding hydrogens is 457 g/mol. The van der Waals surface area contributed by atoms with Crippen molar-refractivity contribution in [2.24, 2.45) is 16.8 Å². The van der Waals surface area contributed by atoms with Gasteiger partial charge < -0.3 is 11.2 Å². The number of nitrogens with zero attached hydrogens (tertiary/aromatic N) is 5. The van der Waals surface area contributed by atoms with E-state index in [1.165, 1.54) is 5.01 Å². The van der Waals surface area contributed by atoms with Gasteiger partial charge >= 0.3 is 6.18 Å². The largest absolute Gasteiger partial charge is 0.389 e. The third-order valence-corrected chi connectivity index (χ3v) is 5.82. The van der Waals surface area contributed by atoms with Gasteiger partial charge in [0.25, 0.3) is 5.91 Å². The molecule has 0 atom stereocenters. The Bertz CT molecular complexity index is 1030. The zero-order valence-electron chi connectivity index (χ0n) is 18.1. The Morgan fingerprint density at radius 1 is 1.30 bits per heavy atom. The molecule has 9 nitrogen and oxygen atoms in total. The van der Waals surface area contributed by atoms with Crippen LogP contribution in [0.15, 0.2) is 35.6 Å². The molecule has 0 unspecified atom stereocenters. The van der Waals surface area contributed by atoms with Crippen molar-refractivity contribution in [1.29, 1.82) is 0 Å². The fourth-order valence-corrected chi connectivity index (χ4v) is 4.12. The van der Waals surface area contributed by atoms with Gasteiger partial charge in [-0.2, -0.15) is 18.3 Å². The van der Waals surface area contributed by atoms with E-state index in [2.05, 4.69) is 20.4 Å². The number of carbonyl (C=O) groups excluding carboxylic acids is 1. The summed E-state index contributed by atoms with van der Waals surface area (Å²) in [5.41, 5.74) is 2.30. The summed E-state index contributed by atoms with van der Waals surface area (Å²) in [7, 11) is 0. The molecule has 5 N–H and O–H groups in total. The summed E-state index contributed by atoms with van der Waals surface area (Å²) in [6, 6.07) is 6.53. The molecule has 0 saturated heterocycles. The van der Waals surface area contributed by atoms with E-state index >= 15 is 0 Å². The number of hydrogen-bond acceptors (Lipinski definition) is 8. The Balaban J connectivity index is 1.65. The monoisotopic (exact) mass is 482 g/mol. The predicted molar refractivity (Wildman–Crippen MR) is 121 cm³/mol. The minimum atomic E-state index is -4.17. The number of nitrogens with one attached hydrogen (secondary N) is 1. The summed E-state index contributed by atoms with van der Waals surface area (Å²) < 4.78 is 38.9. The molecule has 178 valence electrons. The van der Waals surface area contributed by atoms with Gasteiger partial charge in [0, 0.05) is 31.1 Å². The van der Waals surface area contributed by atoms with E-state index in [0.29, 0.717) is 18.8 Å². The Labute approximate surface area is 193 Å². The Morgan fingerprint density at radius 3 is 2.70 bits per heavy atom. The number of alkyl halides is 3. The van der Waals surface area contributed by atoms with Crippen molar-refractivity contribution in [3.05, 3.63) is 53.0 Å². The van der Waals surface area contributed by atoms with Crippen molar-refractivity contribution >= 4 is 29.5 Å². The first kappa shape index (κ1) is 24.7. The number of amidine groups is 1. The van der Waals surface area contributed by atoms with Crippen LogP contribution in [0.1, 0.15) is 47.6 Å². The number of fused-ring (bicyclic) bond motifs is 1. The number of anilines is 1. The summed E-state index contributed by atoms with van der Waals surface area (Å²) in [5, 5.41) is 7.76. The number of carbonyl (C=O) groups is 1. The van der Waals surface area contributed by atoms with Gasteiger partial charge in [0.2, 0.25) is 0 Å². The van der Waals surface area contributed by atoms with Crippen LogP contribution in [0.4, 0.5) is 19.0 Å². The van der Waals surface area contributed by atoms with E-state index in [-0.39, 0.29) is 29.1 Å². The lowest BCUT2D eigenvalue weighted by atomic mass is 10.1. The number of pyridine rings is 2. The minimum absolute atomic E-state index is 0.0502. The van der Waals surface area contributed by atoms with Crippen LogP contribution in [-0.2, 0) is 13.1 Å². The second kappa shape index (κ2) is 10.4. The molecule has 1 aliphatic rings. The zero-order chi connectivity index (χ0) is 24.2. The Morgan fingerprint density at radius 2 is 2.03 bits per heavy atom. The van der Waals surface area contributed by atoms with Crippen molar-refractivity contribution in [1.82, 2.24) is 19.3 Å². The van der Waals surface area contributed by atoms with Gasteiger partial charge in [-0.1, -0.05) is 18.0 Å². The van der Waals surface area contributed by atoms with E-state index in [4.69, 9.17) is 11.7 Å². The van der Waals surface area contributed by atoms with Gasteiger partial charge in [-0.25, -0.2) is 15.1 Å². The summed E-state index contributed by atoms with van der Waals surface area (Å²) in [4.78, 5) is 21.3. The molecule has 0 radical (unpaired) electrons. The lowest BCUT2D eigenvalue weighted by Crippen LogP contribution is -2.44. The highest BCUT2D eigenvalue weighted by molar-refractivity contribution is 7.96. The summed E-state index contributed by atoms with van der Waals surface area (Å²) in [5.74, 6) is 11.5. The van der Waals surface area contributed by atoms with Crippen molar-refractivity contribution in [3.63, 3.8) is 0 Å². The minimum Gasteiger partial charge on any atom is -0.321 e. The van der Waals surface area contributed by atoms with E-state index in [0.717, 1.165) is 23.1 Å². The van der Waals surface area contributed by atoms with Crippen molar-refractivity contribution < 1.29 is 18.0 Å². The lowest BCUT2D eigenvalue weighted by Gasteiger charge is -2.23. The fourth-order valence-electron chi connectivity index (χ4n) is 3.08. The van der Waals surface area contributed by atoms with E-state index in [1.54, 1.807) is 30.5 Å². The first-order valence-electron chi connectivity index (χ1n) is 10.1. The molecule has 13 heteroatoms. The van der Waals surface area contributed by atoms with Gasteiger partial charge in [-0.15, -0.1) is 0 Å². The third-order valence-electron chi connectivity index (χ3n) is 4.81. The average Bonchev–Trinajstić information content (AvgIpc) is 3.15. The van der Waals surface area contributed by atoms with Crippen LogP contribution in [0.3, 0.4) is 0 Å². The van der Waals surface area contributed by atoms with E-state index in [1.807, 2.05) is 18.2 Å². The molecule has 33 heavy (non-hydrogen) atoms. The smallest absolute Gasteiger partial charge is 0.321 e. The maximum absolute atomic E-state index is 12.7. The molecular formula is C20H25F3N8OS. The quantitative estimate of drug-likeness (QED) is 0.181. The maximum Gasteiger partial charge on any atom is 0.389 e. The first-order chi connectivity index (χ1) is 15.6. The van der Waals surface area contributed by atoms with Crippen molar-refractivity contribution in [2.45, 2.75) is 45.6 Å². The fraction of sp³-hybridized carbons (Fsp3) is 0.400. The third kappa shape index (κ3) is 6.55. The summed E-state index contributed by atoms with van der Waals surface area (Å²) in [6.07, 6.45) is -3.45. The number of hydrogen-bond donors (Lipinski definition) is 3. The van der Waals surface area contributed by atoms with Gasteiger partial charge in [-0.3, -0.25) is 14.8 Å². The predicted octanol–water partition coefficient (Wildman–Crippen LogP) is 2.85. The lowest BCUT2D eigenvalue weighted by molar-refractivity contribution is -0.129. The highest BCUT2D eigenvalue weighted by atomic mass is 32.2. The van der Waals surface area contributed by atoms with Crippen molar-refractivity contribution in [3.8, 4) is 0 Å². The van der Waals surface area contributed by atoms with E-state index in [9.17, 15) is 18.0 Å². The zero-order valence-corrected chi connectivity index (χ0v) is 19.0. The van der Waals surface area contributed by atoms with Crippen LogP contribution in [0.25, 0.3) is 0 Å². The van der Waals surface area contributed by atoms with Crippen LogP contribution < -0.4 is 17.0 Å². The molecule has 1 amide bonds. The first-order valence-corrected chi connectivity index (χ1v) is 11.0. The number of hydrazine groups is 1. The maximum atomic E-state index is 12.7. The highest BCUT2D eigenvalue weighted by Crippen LogP contribution is 2.31. The Hall–Kier alpha value is -2.90. The second-order valence-electron chi connectivity index (χ2n) is 7.65. The molecule has 0 aliphatic carbocycles. The number of halogens is 3. The Kier molecular flexibility index (Phi) is 7.76. The molecule has 3 heterocycles. The van der Waals surface area contributed by atoms with E-state index < -0.39 is 18.5 Å². The standard InChI is InChI=1S/C20H25F3N8OS/c1-12(2)31(25)18(29-24)15-4-3-5-17(27-15)28-19(32)16-8-13-10-30(11-14(13)9-26-16)33-7-6-20(21,22)23/h3-5,8-9,12H,6-7,10-11,24-25H2,1-2H3,(H,27,28,32)/b29-18-. The summed E-state index contributed by atoms with van der Waals surface area (Å²) in [6.45, 7) is 4.65. The molecule has 0 saturated carbocycles. The molecule has 0 fully saturated rings. The van der Waals surface area contributed by atoms with Crippen LogP contribution in [-0.4, -0.2) is 49.0 Å². The van der Waals surface area contributed by atoms with Gasteiger partial charge in [0.1, 0.15) is 17.2 Å². The number of aromatic nitrogens is 2. The molecule has 2 aromatic rings.